The van der Waals surface area contributed by atoms with E-state index in [-0.39, 0.29) is 36.2 Å². The van der Waals surface area contributed by atoms with E-state index in [9.17, 15) is 18.0 Å². The van der Waals surface area contributed by atoms with Crippen molar-refractivity contribution >= 4 is 33.4 Å². The van der Waals surface area contributed by atoms with Crippen LogP contribution in [0.15, 0.2) is 46.5 Å². The molecule has 0 fully saturated rings. The molecule has 0 aromatic heterocycles. The number of carbonyl (C=O) groups excluding carboxylic acids is 2. The zero-order valence-electron chi connectivity index (χ0n) is 16.0. The Morgan fingerprint density at radius 3 is 2.79 bits per heavy atom. The SMILES string of the molecule is Cc1cccc(NC(=O)CN(C)C(=O)C2=CC=CN3CCS(=O)(=O)N=C23)c1C. The molecule has 148 valence electrons. The van der Waals surface area contributed by atoms with Crippen molar-refractivity contribution in [2.24, 2.45) is 4.40 Å². The lowest BCUT2D eigenvalue weighted by atomic mass is 10.1. The third kappa shape index (κ3) is 4.14. The van der Waals surface area contributed by atoms with Crippen LogP contribution in [0.1, 0.15) is 11.1 Å². The number of benzene rings is 1. The van der Waals surface area contributed by atoms with Gasteiger partial charge >= 0.3 is 0 Å². The minimum absolute atomic E-state index is 0.0977. The van der Waals surface area contributed by atoms with Gasteiger partial charge < -0.3 is 15.1 Å². The molecular weight excluding hydrogens is 380 g/mol. The monoisotopic (exact) mass is 402 g/mol. The molecule has 0 saturated carbocycles. The molecule has 3 rings (SSSR count). The summed E-state index contributed by atoms with van der Waals surface area (Å²) in [5, 5.41) is 2.81. The second-order valence-electron chi connectivity index (χ2n) is 6.77. The molecule has 0 atom stereocenters. The van der Waals surface area contributed by atoms with Crippen LogP contribution in [-0.2, 0) is 19.6 Å². The Morgan fingerprint density at radius 1 is 1.29 bits per heavy atom. The average Bonchev–Trinajstić information content (AvgIpc) is 2.63. The van der Waals surface area contributed by atoms with Gasteiger partial charge in [-0.1, -0.05) is 12.1 Å². The number of allylic oxidation sites excluding steroid dienone is 2. The fourth-order valence-electron chi connectivity index (χ4n) is 2.95. The summed E-state index contributed by atoms with van der Waals surface area (Å²) in [6.45, 7) is 3.93. The molecule has 2 aliphatic rings. The van der Waals surface area contributed by atoms with E-state index in [0.717, 1.165) is 11.1 Å². The Labute approximate surface area is 164 Å². The van der Waals surface area contributed by atoms with E-state index in [2.05, 4.69) is 9.71 Å². The Bertz CT molecular complexity index is 1020. The summed E-state index contributed by atoms with van der Waals surface area (Å²) in [7, 11) is -2.10. The number of nitrogens with zero attached hydrogens (tertiary/aromatic N) is 3. The second-order valence-corrected chi connectivity index (χ2v) is 8.53. The van der Waals surface area contributed by atoms with E-state index in [0.29, 0.717) is 5.69 Å². The van der Waals surface area contributed by atoms with E-state index >= 15 is 0 Å². The second kappa shape index (κ2) is 7.59. The van der Waals surface area contributed by atoms with Gasteiger partial charge in [-0.25, -0.2) is 8.42 Å². The Kier molecular flexibility index (Phi) is 5.37. The molecule has 1 N–H and O–H groups in total. The molecule has 2 amide bonds. The van der Waals surface area contributed by atoms with Crippen LogP contribution in [0.3, 0.4) is 0 Å². The van der Waals surface area contributed by atoms with E-state index in [4.69, 9.17) is 0 Å². The highest BCUT2D eigenvalue weighted by Crippen LogP contribution is 2.20. The number of sulfonamides is 1. The first-order valence-electron chi connectivity index (χ1n) is 8.77. The molecule has 1 aromatic carbocycles. The molecule has 0 aliphatic carbocycles. The zero-order chi connectivity index (χ0) is 20.5. The topological polar surface area (TPSA) is 99.1 Å². The van der Waals surface area contributed by atoms with Crippen LogP contribution < -0.4 is 5.32 Å². The number of aryl methyl sites for hydroxylation is 1. The summed E-state index contributed by atoms with van der Waals surface area (Å²) < 4.78 is 27.4. The van der Waals surface area contributed by atoms with Gasteiger partial charge in [-0.05, 0) is 43.2 Å². The number of nitrogens with one attached hydrogen (secondary N) is 1. The van der Waals surface area contributed by atoms with Gasteiger partial charge in [0, 0.05) is 25.5 Å². The van der Waals surface area contributed by atoms with Crippen molar-refractivity contribution in [3.05, 3.63) is 53.3 Å². The highest BCUT2D eigenvalue weighted by Gasteiger charge is 2.31. The Morgan fingerprint density at radius 2 is 2.04 bits per heavy atom. The average molecular weight is 402 g/mol. The first kappa shape index (κ1) is 19.8. The molecule has 0 radical (unpaired) electrons. The summed E-state index contributed by atoms with van der Waals surface area (Å²) >= 11 is 0. The first-order chi connectivity index (χ1) is 13.2. The fourth-order valence-corrected chi connectivity index (χ4v) is 3.94. The number of fused-ring (bicyclic) bond motifs is 1. The molecular formula is C19H22N4O4S. The lowest BCUT2D eigenvalue weighted by molar-refractivity contribution is -0.129. The molecule has 2 heterocycles. The minimum atomic E-state index is -3.60. The molecule has 0 bridgehead atoms. The van der Waals surface area contributed by atoms with Crippen LogP contribution in [0.4, 0.5) is 5.69 Å². The van der Waals surface area contributed by atoms with Crippen LogP contribution in [0.2, 0.25) is 0 Å². The van der Waals surface area contributed by atoms with Crippen LogP contribution in [0.25, 0.3) is 0 Å². The molecule has 8 nitrogen and oxygen atoms in total. The smallest absolute Gasteiger partial charge is 0.257 e. The van der Waals surface area contributed by atoms with Crippen molar-refractivity contribution < 1.29 is 18.0 Å². The van der Waals surface area contributed by atoms with Crippen LogP contribution >= 0.6 is 0 Å². The summed E-state index contributed by atoms with van der Waals surface area (Å²) in [5.74, 6) is -0.815. The zero-order valence-corrected chi connectivity index (χ0v) is 16.8. The maximum atomic E-state index is 12.8. The van der Waals surface area contributed by atoms with Crippen molar-refractivity contribution in [2.45, 2.75) is 13.8 Å². The van der Waals surface area contributed by atoms with Crippen molar-refractivity contribution in [1.82, 2.24) is 9.80 Å². The molecule has 0 unspecified atom stereocenters. The van der Waals surface area contributed by atoms with Crippen LogP contribution in [0.5, 0.6) is 0 Å². The summed E-state index contributed by atoms with van der Waals surface area (Å²) in [4.78, 5) is 28.1. The fraction of sp³-hybridized carbons (Fsp3) is 0.316. The van der Waals surface area contributed by atoms with E-state index < -0.39 is 15.9 Å². The van der Waals surface area contributed by atoms with Gasteiger partial charge in [-0.3, -0.25) is 9.59 Å². The van der Waals surface area contributed by atoms with Crippen LogP contribution in [-0.4, -0.2) is 61.8 Å². The Balaban J connectivity index is 1.73. The number of rotatable bonds is 4. The number of likely N-dealkylation sites (N-methyl/N-ethyl adjacent to an activating group) is 1. The van der Waals surface area contributed by atoms with Gasteiger partial charge in [0.15, 0.2) is 5.84 Å². The highest BCUT2D eigenvalue weighted by atomic mass is 32.2. The highest BCUT2D eigenvalue weighted by molar-refractivity contribution is 7.90. The van der Waals surface area contributed by atoms with Crippen molar-refractivity contribution in [3.63, 3.8) is 0 Å². The maximum absolute atomic E-state index is 12.8. The van der Waals surface area contributed by atoms with E-state index in [1.54, 1.807) is 23.2 Å². The molecule has 9 heteroatoms. The number of amides is 2. The summed E-state index contributed by atoms with van der Waals surface area (Å²) in [5.41, 5.74) is 2.85. The summed E-state index contributed by atoms with van der Waals surface area (Å²) in [6, 6.07) is 5.60. The van der Waals surface area contributed by atoms with Gasteiger partial charge in [0.2, 0.25) is 5.91 Å². The van der Waals surface area contributed by atoms with Gasteiger partial charge in [0.05, 0.1) is 17.9 Å². The van der Waals surface area contributed by atoms with Crippen molar-refractivity contribution in [2.75, 3.05) is 31.2 Å². The predicted octanol–water partition coefficient (Wildman–Crippen LogP) is 1.20. The lowest BCUT2D eigenvalue weighted by Crippen LogP contribution is -2.44. The quantitative estimate of drug-likeness (QED) is 0.816. The third-order valence-corrected chi connectivity index (χ3v) is 5.84. The van der Waals surface area contributed by atoms with Crippen molar-refractivity contribution in [3.8, 4) is 0 Å². The number of anilines is 1. The molecule has 0 saturated heterocycles. The van der Waals surface area contributed by atoms with E-state index in [1.165, 1.54) is 18.0 Å². The molecule has 0 spiro atoms. The molecule has 28 heavy (non-hydrogen) atoms. The molecule has 1 aromatic rings. The van der Waals surface area contributed by atoms with Gasteiger partial charge in [0.1, 0.15) is 0 Å². The number of hydrogen-bond acceptors (Lipinski definition) is 5. The normalized spacial score (nSPS) is 17.3. The third-order valence-electron chi connectivity index (χ3n) is 4.69. The van der Waals surface area contributed by atoms with Gasteiger partial charge in [-0.2, -0.15) is 0 Å². The first-order valence-corrected chi connectivity index (χ1v) is 10.4. The molecule has 2 aliphatic heterocycles. The van der Waals surface area contributed by atoms with Crippen LogP contribution in [0, 0.1) is 13.8 Å². The van der Waals surface area contributed by atoms with Crippen molar-refractivity contribution in [1.29, 1.82) is 0 Å². The predicted molar refractivity (Wildman–Crippen MR) is 107 cm³/mol. The van der Waals surface area contributed by atoms with E-state index in [1.807, 2.05) is 26.0 Å². The van der Waals surface area contributed by atoms with Gasteiger partial charge in [-0.15, -0.1) is 4.40 Å². The summed E-state index contributed by atoms with van der Waals surface area (Å²) in [6.07, 6.45) is 4.85. The minimum Gasteiger partial charge on any atom is -0.332 e. The maximum Gasteiger partial charge on any atom is 0.257 e. The largest absolute Gasteiger partial charge is 0.332 e. The standard InChI is InChI=1S/C19H22N4O4S/c1-13-6-4-8-16(14(13)2)20-17(24)12-22(3)19(25)15-7-5-9-23-10-11-28(26,27)21-18(15)23/h4-9H,10-12H2,1-3H3,(H,20,24). The number of amidine groups is 1. The number of hydrogen-bond donors (Lipinski definition) is 1. The lowest BCUT2D eigenvalue weighted by Gasteiger charge is -2.30. The van der Waals surface area contributed by atoms with Gasteiger partial charge in [0.25, 0.3) is 15.9 Å². The Hall–Kier alpha value is -2.94. The number of carbonyl (C=O) groups is 2.